The second-order valence-electron chi connectivity index (χ2n) is 2.73. The van der Waals surface area contributed by atoms with Gasteiger partial charge in [0.05, 0.1) is 11.6 Å². The number of hydrogen-bond acceptors (Lipinski definition) is 4. The summed E-state index contributed by atoms with van der Waals surface area (Å²) in [6.07, 6.45) is 0. The molecule has 0 aliphatic rings. The third kappa shape index (κ3) is 1.41. The molecule has 2 rings (SSSR count). The van der Waals surface area contributed by atoms with Gasteiger partial charge in [-0.15, -0.1) is 5.10 Å². The van der Waals surface area contributed by atoms with E-state index in [1.165, 1.54) is 0 Å². The second-order valence-corrected chi connectivity index (χ2v) is 2.73. The van der Waals surface area contributed by atoms with Crippen LogP contribution in [-0.4, -0.2) is 15.2 Å². The van der Waals surface area contributed by atoms with E-state index >= 15 is 0 Å². The fourth-order valence-electron chi connectivity index (χ4n) is 1.14. The van der Waals surface area contributed by atoms with Crippen LogP contribution in [0.15, 0.2) is 24.3 Å². The number of H-pyrrole nitrogens is 1. The van der Waals surface area contributed by atoms with Gasteiger partial charge in [0.2, 0.25) is 5.95 Å². The molecular weight excluding hydrogens is 178 g/mol. The van der Waals surface area contributed by atoms with Gasteiger partial charge in [-0.3, -0.25) is 5.10 Å². The third-order valence-corrected chi connectivity index (χ3v) is 1.77. The maximum absolute atomic E-state index is 8.69. The Morgan fingerprint density at radius 2 is 2.29 bits per heavy atom. The molecule has 1 aromatic carbocycles. The first-order chi connectivity index (χ1) is 6.79. The number of nitrogens with two attached hydrogens (primary N) is 1. The third-order valence-electron chi connectivity index (χ3n) is 1.77. The van der Waals surface area contributed by atoms with E-state index < -0.39 is 0 Å². The first-order valence-electron chi connectivity index (χ1n) is 3.98. The number of aromatic nitrogens is 3. The summed E-state index contributed by atoms with van der Waals surface area (Å²) >= 11 is 0. The summed E-state index contributed by atoms with van der Waals surface area (Å²) in [5.74, 6) is 0.766. The predicted molar refractivity (Wildman–Crippen MR) is 50.9 cm³/mol. The minimum Gasteiger partial charge on any atom is -0.366 e. The van der Waals surface area contributed by atoms with Crippen LogP contribution in [0.3, 0.4) is 0 Å². The van der Waals surface area contributed by atoms with Crippen molar-refractivity contribution in [3.05, 3.63) is 29.8 Å². The van der Waals surface area contributed by atoms with Crippen molar-refractivity contribution in [2.75, 3.05) is 5.73 Å². The lowest BCUT2D eigenvalue weighted by atomic mass is 10.1. The quantitative estimate of drug-likeness (QED) is 0.691. The molecule has 14 heavy (non-hydrogen) atoms. The van der Waals surface area contributed by atoms with Crippen molar-refractivity contribution >= 4 is 5.95 Å². The average Bonchev–Trinajstić information content (AvgIpc) is 2.65. The first-order valence-corrected chi connectivity index (χ1v) is 3.98. The number of nitrogen functional groups attached to an aromatic ring is 1. The Labute approximate surface area is 80.2 Å². The Kier molecular flexibility index (Phi) is 1.88. The fourth-order valence-corrected chi connectivity index (χ4v) is 1.14. The van der Waals surface area contributed by atoms with Crippen molar-refractivity contribution in [3.8, 4) is 17.5 Å². The molecule has 5 heteroatoms. The van der Waals surface area contributed by atoms with Crippen LogP contribution in [0.1, 0.15) is 5.56 Å². The Morgan fingerprint density at radius 1 is 1.43 bits per heavy atom. The Morgan fingerprint density at radius 3 is 2.93 bits per heavy atom. The highest BCUT2D eigenvalue weighted by molar-refractivity contribution is 5.58. The van der Waals surface area contributed by atoms with E-state index in [4.69, 9.17) is 11.0 Å². The average molecular weight is 185 g/mol. The molecule has 0 unspecified atom stereocenters. The molecule has 0 radical (unpaired) electrons. The summed E-state index contributed by atoms with van der Waals surface area (Å²) in [7, 11) is 0. The number of benzene rings is 1. The molecule has 0 fully saturated rings. The van der Waals surface area contributed by atoms with Crippen molar-refractivity contribution in [3.63, 3.8) is 0 Å². The molecule has 68 valence electrons. The topological polar surface area (TPSA) is 91.4 Å². The SMILES string of the molecule is N#Cc1cccc(-c2nc(N)n[nH]2)c1. The van der Waals surface area contributed by atoms with E-state index in [2.05, 4.69) is 21.3 Å². The molecular formula is C9H7N5. The fraction of sp³-hybridized carbons (Fsp3) is 0. The van der Waals surface area contributed by atoms with E-state index in [0.717, 1.165) is 5.56 Å². The zero-order valence-electron chi connectivity index (χ0n) is 7.23. The number of hydrogen-bond donors (Lipinski definition) is 2. The summed E-state index contributed by atoms with van der Waals surface area (Å²) < 4.78 is 0. The highest BCUT2D eigenvalue weighted by atomic mass is 15.3. The lowest BCUT2D eigenvalue weighted by Gasteiger charge is -1.94. The molecule has 0 bridgehead atoms. The maximum Gasteiger partial charge on any atom is 0.239 e. The number of nitrogens with one attached hydrogen (secondary N) is 1. The van der Waals surface area contributed by atoms with Crippen LogP contribution in [0, 0.1) is 11.3 Å². The van der Waals surface area contributed by atoms with Crippen LogP contribution in [0.5, 0.6) is 0 Å². The summed E-state index contributed by atoms with van der Waals surface area (Å²) in [4.78, 5) is 3.96. The largest absolute Gasteiger partial charge is 0.366 e. The summed E-state index contributed by atoms with van der Waals surface area (Å²) in [6.45, 7) is 0. The van der Waals surface area contributed by atoms with Crippen molar-refractivity contribution < 1.29 is 0 Å². The van der Waals surface area contributed by atoms with Gasteiger partial charge in [0.15, 0.2) is 5.82 Å². The van der Waals surface area contributed by atoms with Crippen LogP contribution in [0.4, 0.5) is 5.95 Å². The predicted octanol–water partition coefficient (Wildman–Crippen LogP) is 0.926. The van der Waals surface area contributed by atoms with Gasteiger partial charge < -0.3 is 5.73 Å². The molecule has 0 saturated heterocycles. The van der Waals surface area contributed by atoms with E-state index in [1.54, 1.807) is 18.2 Å². The lowest BCUT2D eigenvalue weighted by Crippen LogP contribution is -1.85. The number of nitriles is 1. The smallest absolute Gasteiger partial charge is 0.239 e. The van der Waals surface area contributed by atoms with Crippen molar-refractivity contribution in [2.24, 2.45) is 0 Å². The molecule has 1 aromatic heterocycles. The normalized spacial score (nSPS) is 9.64. The van der Waals surface area contributed by atoms with Gasteiger partial charge in [-0.25, -0.2) is 0 Å². The summed E-state index contributed by atoms with van der Waals surface area (Å²) in [5.41, 5.74) is 6.75. The number of anilines is 1. The molecule has 3 N–H and O–H groups in total. The van der Waals surface area contributed by atoms with Crippen LogP contribution in [-0.2, 0) is 0 Å². The number of nitrogens with zero attached hydrogens (tertiary/aromatic N) is 3. The molecule has 0 spiro atoms. The molecule has 0 amide bonds. The maximum atomic E-state index is 8.69. The van der Waals surface area contributed by atoms with E-state index in [0.29, 0.717) is 11.4 Å². The van der Waals surface area contributed by atoms with Gasteiger partial charge in [-0.1, -0.05) is 12.1 Å². The molecule has 5 nitrogen and oxygen atoms in total. The molecule has 0 aliphatic heterocycles. The van der Waals surface area contributed by atoms with Crippen molar-refractivity contribution in [1.29, 1.82) is 5.26 Å². The minimum absolute atomic E-state index is 0.197. The van der Waals surface area contributed by atoms with Gasteiger partial charge in [-0.05, 0) is 12.1 Å². The summed E-state index contributed by atoms with van der Waals surface area (Å²) in [6, 6.07) is 9.12. The van der Waals surface area contributed by atoms with Gasteiger partial charge in [0, 0.05) is 5.56 Å². The lowest BCUT2D eigenvalue weighted by molar-refractivity contribution is 1.10. The van der Waals surface area contributed by atoms with Gasteiger partial charge in [0.1, 0.15) is 0 Å². The molecule has 2 aromatic rings. The molecule has 1 heterocycles. The Hall–Kier alpha value is -2.35. The number of rotatable bonds is 1. The van der Waals surface area contributed by atoms with E-state index in [-0.39, 0.29) is 5.95 Å². The standard InChI is InChI=1S/C9H7N5/c10-5-6-2-1-3-7(4-6)8-12-9(11)14-13-8/h1-4H,(H3,11,12,13,14). The molecule has 0 atom stereocenters. The van der Waals surface area contributed by atoms with Gasteiger partial charge in [0.25, 0.3) is 0 Å². The monoisotopic (exact) mass is 185 g/mol. The van der Waals surface area contributed by atoms with E-state index in [1.807, 2.05) is 6.07 Å². The first kappa shape index (κ1) is 8.26. The summed E-state index contributed by atoms with van der Waals surface area (Å²) in [5, 5.41) is 15.1. The minimum atomic E-state index is 0.197. The van der Waals surface area contributed by atoms with Gasteiger partial charge in [-0.2, -0.15) is 10.2 Å². The zero-order chi connectivity index (χ0) is 9.97. The van der Waals surface area contributed by atoms with Crippen molar-refractivity contribution in [1.82, 2.24) is 15.2 Å². The van der Waals surface area contributed by atoms with Gasteiger partial charge >= 0.3 is 0 Å². The molecule has 0 saturated carbocycles. The van der Waals surface area contributed by atoms with Crippen molar-refractivity contribution in [2.45, 2.75) is 0 Å². The molecule has 0 aliphatic carbocycles. The van der Waals surface area contributed by atoms with Crippen LogP contribution in [0.25, 0.3) is 11.4 Å². The Balaban J connectivity index is 2.47. The van der Waals surface area contributed by atoms with Crippen LogP contribution < -0.4 is 5.73 Å². The highest BCUT2D eigenvalue weighted by Crippen LogP contribution is 2.15. The van der Waals surface area contributed by atoms with Crippen LogP contribution >= 0.6 is 0 Å². The number of aromatic amines is 1. The zero-order valence-corrected chi connectivity index (χ0v) is 7.23. The second kappa shape index (κ2) is 3.18. The highest BCUT2D eigenvalue weighted by Gasteiger charge is 2.03. The van der Waals surface area contributed by atoms with Crippen LogP contribution in [0.2, 0.25) is 0 Å². The van der Waals surface area contributed by atoms with E-state index in [9.17, 15) is 0 Å². The Bertz CT molecular complexity index is 494.